The van der Waals surface area contributed by atoms with Crippen molar-refractivity contribution in [2.75, 3.05) is 47.5 Å². The molecule has 0 rings (SSSR count). The molecule has 0 fully saturated rings. The molecule has 0 amide bonds. The SMILES string of the molecule is CCCCC/C=C\C=C/[C@@H](O)C/C=C\C/C=C/CCCC(=O)OC[C@H](COP(=O)(O)OCC[N+](C)(C)C)OC(=O)CCCCCCCCCCCCCCCCCCCCCCC. The number of carbonyl (C=O) groups is 2. The summed E-state index contributed by atoms with van der Waals surface area (Å²) in [5.74, 6) is -0.899. The third-order valence-electron chi connectivity index (χ3n) is 10.9. The van der Waals surface area contributed by atoms with Gasteiger partial charge in [-0.15, -0.1) is 0 Å². The molecule has 0 radical (unpaired) electrons. The molecule has 0 aliphatic rings. The van der Waals surface area contributed by atoms with E-state index in [1.807, 2.05) is 57.6 Å². The molecule has 10 nitrogen and oxygen atoms in total. The molecule has 0 aromatic carbocycles. The van der Waals surface area contributed by atoms with E-state index in [0.717, 1.165) is 32.1 Å². The van der Waals surface area contributed by atoms with Crippen LogP contribution in [0.25, 0.3) is 0 Å². The lowest BCUT2D eigenvalue weighted by molar-refractivity contribution is -0.870. The second kappa shape index (κ2) is 43.8. The van der Waals surface area contributed by atoms with E-state index in [1.54, 1.807) is 6.08 Å². The predicted octanol–water partition coefficient (Wildman–Crippen LogP) is 14.0. The van der Waals surface area contributed by atoms with Crippen LogP contribution in [0.15, 0.2) is 48.6 Å². The highest BCUT2D eigenvalue weighted by Gasteiger charge is 2.27. The fourth-order valence-electron chi connectivity index (χ4n) is 6.91. The molecule has 0 spiro atoms. The Labute approximate surface area is 386 Å². The van der Waals surface area contributed by atoms with E-state index in [2.05, 4.69) is 19.9 Å². The van der Waals surface area contributed by atoms with Gasteiger partial charge in [-0.2, -0.15) is 0 Å². The average Bonchev–Trinajstić information content (AvgIpc) is 3.23. The fourth-order valence-corrected chi connectivity index (χ4v) is 7.65. The molecule has 0 aliphatic carbocycles. The molecule has 11 heteroatoms. The molecule has 2 N–H and O–H groups in total. The van der Waals surface area contributed by atoms with Crippen molar-refractivity contribution in [3.05, 3.63) is 48.6 Å². The molecular weight excluding hydrogens is 814 g/mol. The summed E-state index contributed by atoms with van der Waals surface area (Å²) in [6.07, 6.45) is 49.1. The average molecular weight is 911 g/mol. The van der Waals surface area contributed by atoms with Crippen molar-refractivity contribution in [3.8, 4) is 0 Å². The number of aliphatic hydroxyl groups is 1. The zero-order chi connectivity index (χ0) is 46.5. The van der Waals surface area contributed by atoms with Crippen LogP contribution in [-0.2, 0) is 32.7 Å². The summed E-state index contributed by atoms with van der Waals surface area (Å²) in [5, 5.41) is 10.1. The molecule has 0 aromatic rings. The lowest BCUT2D eigenvalue weighted by Gasteiger charge is -2.24. The normalized spacial score (nSPS) is 14.3. The van der Waals surface area contributed by atoms with E-state index in [0.29, 0.717) is 36.7 Å². The molecular formula is C52H97NO9P+. The molecule has 0 bridgehead atoms. The number of unbranched alkanes of at least 4 members (excludes halogenated alkanes) is 24. The standard InChI is InChI=1S/C52H96NO9P/c1-6-8-10-12-14-15-16-17-18-19-20-21-22-23-24-25-26-27-31-36-40-44-52(56)62-50(48-61-63(57,58)60-46-45-53(3,4)5)47-59-51(55)43-39-35-32-28-30-34-38-42-49(54)41-37-33-29-13-11-9-7-2/h28-29,32-34,37-38,41,49-50,54H,6-27,30-31,35-36,39-40,42-48H2,1-5H3/p+1/b32-28+,33-29-,38-34-,41-37-/t49-,50-/m1/s1. The summed E-state index contributed by atoms with van der Waals surface area (Å²) < 4.78 is 34.3. The summed E-state index contributed by atoms with van der Waals surface area (Å²) in [6.45, 7) is 4.26. The Morgan fingerprint density at radius 3 is 1.62 bits per heavy atom. The first kappa shape index (κ1) is 60.9. The Hall–Kier alpha value is -2.07. The molecule has 0 aliphatic heterocycles. The van der Waals surface area contributed by atoms with Gasteiger partial charge in [0.2, 0.25) is 0 Å². The summed E-state index contributed by atoms with van der Waals surface area (Å²) in [5.41, 5.74) is 0. The minimum Gasteiger partial charge on any atom is -0.462 e. The number of ether oxygens (including phenoxy) is 2. The van der Waals surface area contributed by atoms with Gasteiger partial charge in [0.25, 0.3) is 0 Å². The van der Waals surface area contributed by atoms with E-state index < -0.39 is 38.6 Å². The Morgan fingerprint density at radius 2 is 1.06 bits per heavy atom. The van der Waals surface area contributed by atoms with E-state index in [1.165, 1.54) is 128 Å². The second-order valence-electron chi connectivity index (χ2n) is 18.4. The third kappa shape index (κ3) is 47.7. The number of esters is 2. The van der Waals surface area contributed by atoms with Gasteiger partial charge >= 0.3 is 19.8 Å². The number of phosphoric acid groups is 1. The van der Waals surface area contributed by atoms with Gasteiger partial charge < -0.3 is 24.0 Å². The molecule has 0 saturated heterocycles. The largest absolute Gasteiger partial charge is 0.472 e. The minimum absolute atomic E-state index is 0.0129. The minimum atomic E-state index is -4.41. The van der Waals surface area contributed by atoms with Gasteiger partial charge in [-0.1, -0.05) is 204 Å². The van der Waals surface area contributed by atoms with Crippen LogP contribution in [0.3, 0.4) is 0 Å². The van der Waals surface area contributed by atoms with Gasteiger partial charge in [0, 0.05) is 12.8 Å². The number of hydrogen-bond donors (Lipinski definition) is 2. The van der Waals surface area contributed by atoms with Crippen LogP contribution in [-0.4, -0.2) is 86.1 Å². The number of hydrogen-bond acceptors (Lipinski definition) is 8. The number of rotatable bonds is 46. The number of likely N-dealkylation sites (N-methyl/N-ethyl adjacent to an activating group) is 1. The first-order valence-corrected chi connectivity index (χ1v) is 27.0. The van der Waals surface area contributed by atoms with Crippen LogP contribution in [0.1, 0.15) is 213 Å². The number of quaternary nitrogens is 1. The highest BCUT2D eigenvalue weighted by atomic mass is 31.2. The van der Waals surface area contributed by atoms with Crippen LogP contribution >= 0.6 is 7.82 Å². The van der Waals surface area contributed by atoms with Crippen LogP contribution in [0.4, 0.5) is 0 Å². The molecule has 63 heavy (non-hydrogen) atoms. The van der Waals surface area contributed by atoms with E-state index in [-0.39, 0.29) is 26.1 Å². The lowest BCUT2D eigenvalue weighted by Crippen LogP contribution is -2.37. The monoisotopic (exact) mass is 911 g/mol. The first-order valence-electron chi connectivity index (χ1n) is 25.5. The van der Waals surface area contributed by atoms with E-state index in [4.69, 9.17) is 18.5 Å². The van der Waals surface area contributed by atoms with Gasteiger partial charge in [0.1, 0.15) is 19.8 Å². The highest BCUT2D eigenvalue weighted by Crippen LogP contribution is 2.43. The number of allylic oxidation sites excluding steroid dienone is 6. The van der Waals surface area contributed by atoms with Crippen molar-refractivity contribution in [2.45, 2.75) is 225 Å². The molecule has 0 saturated carbocycles. The van der Waals surface area contributed by atoms with Gasteiger partial charge in [-0.25, -0.2) is 4.57 Å². The van der Waals surface area contributed by atoms with Gasteiger partial charge in [0.05, 0.1) is 33.9 Å². The smallest absolute Gasteiger partial charge is 0.462 e. The number of carbonyl (C=O) groups excluding carboxylic acids is 2. The summed E-state index contributed by atoms with van der Waals surface area (Å²) in [6, 6.07) is 0. The van der Waals surface area contributed by atoms with Crippen molar-refractivity contribution in [2.24, 2.45) is 0 Å². The van der Waals surface area contributed by atoms with Crippen molar-refractivity contribution in [1.29, 1.82) is 0 Å². The van der Waals surface area contributed by atoms with E-state index in [9.17, 15) is 24.2 Å². The third-order valence-corrected chi connectivity index (χ3v) is 11.9. The topological polar surface area (TPSA) is 129 Å². The molecule has 0 aromatic heterocycles. The van der Waals surface area contributed by atoms with Crippen molar-refractivity contribution in [1.82, 2.24) is 0 Å². The fraction of sp³-hybridized carbons (Fsp3) is 0.808. The number of nitrogens with zero attached hydrogens (tertiary/aromatic N) is 1. The Morgan fingerprint density at radius 1 is 0.571 bits per heavy atom. The molecule has 3 atom stereocenters. The van der Waals surface area contributed by atoms with Crippen molar-refractivity contribution >= 4 is 19.8 Å². The second-order valence-corrected chi connectivity index (χ2v) is 19.9. The first-order chi connectivity index (χ1) is 30.4. The Kier molecular flexibility index (Phi) is 42.4. The summed E-state index contributed by atoms with van der Waals surface area (Å²) in [4.78, 5) is 35.5. The lowest BCUT2D eigenvalue weighted by atomic mass is 10.0. The van der Waals surface area contributed by atoms with Crippen molar-refractivity contribution in [3.63, 3.8) is 0 Å². The quantitative estimate of drug-likeness (QED) is 0.0153. The maximum Gasteiger partial charge on any atom is 0.472 e. The zero-order valence-corrected chi connectivity index (χ0v) is 42.1. The van der Waals surface area contributed by atoms with Gasteiger partial charge in [-0.05, 0) is 44.9 Å². The number of aliphatic hydroxyl groups excluding tert-OH is 1. The van der Waals surface area contributed by atoms with Crippen LogP contribution in [0.5, 0.6) is 0 Å². The van der Waals surface area contributed by atoms with Crippen LogP contribution < -0.4 is 0 Å². The van der Waals surface area contributed by atoms with E-state index >= 15 is 0 Å². The van der Waals surface area contributed by atoms with Gasteiger partial charge in [0.15, 0.2) is 6.10 Å². The van der Waals surface area contributed by atoms with Crippen LogP contribution in [0.2, 0.25) is 0 Å². The Balaban J connectivity index is 4.36. The highest BCUT2D eigenvalue weighted by molar-refractivity contribution is 7.47. The Bertz CT molecular complexity index is 1230. The van der Waals surface area contributed by atoms with Crippen LogP contribution in [0, 0.1) is 0 Å². The maximum atomic E-state index is 12.8. The molecule has 0 heterocycles. The van der Waals surface area contributed by atoms with Crippen molar-refractivity contribution < 1.29 is 47.2 Å². The zero-order valence-electron chi connectivity index (χ0n) is 41.2. The maximum absolute atomic E-state index is 12.8. The van der Waals surface area contributed by atoms with Gasteiger partial charge in [-0.3, -0.25) is 18.6 Å². The summed E-state index contributed by atoms with van der Waals surface area (Å²) in [7, 11) is 1.42. The molecule has 368 valence electrons. The summed E-state index contributed by atoms with van der Waals surface area (Å²) >= 11 is 0. The predicted molar refractivity (Wildman–Crippen MR) is 263 cm³/mol. The number of phosphoric ester groups is 1. The molecule has 1 unspecified atom stereocenters.